The van der Waals surface area contributed by atoms with E-state index in [0.717, 1.165) is 23.6 Å². The molecule has 108 valence electrons. The van der Waals surface area contributed by atoms with Gasteiger partial charge in [-0.25, -0.2) is 0 Å². The molecule has 19 heavy (non-hydrogen) atoms. The lowest BCUT2D eigenvalue weighted by molar-refractivity contribution is 0.139. The fraction of sp³-hybridized carbons (Fsp3) is 0.571. The third-order valence-corrected chi connectivity index (χ3v) is 3.20. The highest BCUT2D eigenvalue weighted by Crippen LogP contribution is 2.31. The fourth-order valence-electron chi connectivity index (χ4n) is 2.04. The minimum atomic E-state index is 0.0696. The molecule has 0 fully saturated rings. The Morgan fingerprint density at radius 3 is 2.47 bits per heavy atom. The van der Waals surface area contributed by atoms with E-state index in [-0.39, 0.29) is 6.04 Å². The summed E-state index contributed by atoms with van der Waals surface area (Å²) in [5.41, 5.74) is 6.94. The Labute approximate surface area is 115 Å². The molecule has 0 spiro atoms. The van der Waals surface area contributed by atoms with Crippen molar-refractivity contribution >= 4 is 0 Å². The standard InChI is InChI=1S/C14H24N2O3/c1-16(7-8-17-2)13(10-15)12-9-11(18-3)5-6-14(12)19-4/h5-6,9,13H,7-8,10,15H2,1-4H3. The third kappa shape index (κ3) is 4.09. The third-order valence-electron chi connectivity index (χ3n) is 3.20. The van der Waals surface area contributed by atoms with E-state index >= 15 is 0 Å². The molecule has 1 atom stereocenters. The summed E-state index contributed by atoms with van der Waals surface area (Å²) >= 11 is 0. The Morgan fingerprint density at radius 1 is 1.21 bits per heavy atom. The van der Waals surface area contributed by atoms with E-state index in [9.17, 15) is 0 Å². The van der Waals surface area contributed by atoms with Crippen molar-refractivity contribution in [3.8, 4) is 11.5 Å². The highest BCUT2D eigenvalue weighted by Gasteiger charge is 2.20. The number of methoxy groups -OCH3 is 3. The van der Waals surface area contributed by atoms with Crippen molar-refractivity contribution < 1.29 is 14.2 Å². The molecule has 0 aliphatic carbocycles. The maximum atomic E-state index is 5.91. The van der Waals surface area contributed by atoms with E-state index in [2.05, 4.69) is 4.90 Å². The first-order chi connectivity index (χ1) is 9.17. The van der Waals surface area contributed by atoms with Gasteiger partial charge in [-0.2, -0.15) is 0 Å². The van der Waals surface area contributed by atoms with Gasteiger partial charge in [-0.15, -0.1) is 0 Å². The summed E-state index contributed by atoms with van der Waals surface area (Å²) in [7, 11) is 7.03. The number of nitrogens with two attached hydrogens (primary N) is 1. The average molecular weight is 268 g/mol. The van der Waals surface area contributed by atoms with Crippen LogP contribution in [0.15, 0.2) is 18.2 Å². The van der Waals surface area contributed by atoms with E-state index in [1.807, 2.05) is 25.2 Å². The molecule has 0 heterocycles. The summed E-state index contributed by atoms with van der Waals surface area (Å²) in [4.78, 5) is 2.15. The molecule has 1 aromatic rings. The highest BCUT2D eigenvalue weighted by atomic mass is 16.5. The van der Waals surface area contributed by atoms with Crippen LogP contribution in [0.5, 0.6) is 11.5 Å². The van der Waals surface area contributed by atoms with Gasteiger partial charge in [-0.05, 0) is 25.2 Å². The lowest BCUT2D eigenvalue weighted by Gasteiger charge is -2.28. The molecule has 1 rings (SSSR count). The summed E-state index contributed by atoms with van der Waals surface area (Å²) in [6.07, 6.45) is 0. The second-order valence-corrected chi connectivity index (χ2v) is 4.33. The molecular weight excluding hydrogens is 244 g/mol. The van der Waals surface area contributed by atoms with Crippen LogP contribution in [0.25, 0.3) is 0 Å². The van der Waals surface area contributed by atoms with Gasteiger partial charge in [0.1, 0.15) is 11.5 Å². The van der Waals surface area contributed by atoms with Crippen molar-refractivity contribution in [2.45, 2.75) is 6.04 Å². The molecule has 2 N–H and O–H groups in total. The van der Waals surface area contributed by atoms with E-state index < -0.39 is 0 Å². The number of hydrogen-bond donors (Lipinski definition) is 1. The van der Waals surface area contributed by atoms with Gasteiger partial charge in [0.25, 0.3) is 0 Å². The lowest BCUT2D eigenvalue weighted by atomic mass is 10.0. The molecule has 1 aromatic carbocycles. The quantitative estimate of drug-likeness (QED) is 0.769. The van der Waals surface area contributed by atoms with Crippen molar-refractivity contribution in [2.24, 2.45) is 5.73 Å². The molecule has 1 unspecified atom stereocenters. The van der Waals surface area contributed by atoms with Gasteiger partial charge in [-0.1, -0.05) is 0 Å². The average Bonchev–Trinajstić information content (AvgIpc) is 2.45. The number of rotatable bonds is 8. The summed E-state index contributed by atoms with van der Waals surface area (Å²) in [5.74, 6) is 1.62. The van der Waals surface area contributed by atoms with E-state index in [0.29, 0.717) is 13.2 Å². The minimum Gasteiger partial charge on any atom is -0.497 e. The zero-order valence-electron chi connectivity index (χ0n) is 12.2. The summed E-state index contributed by atoms with van der Waals surface area (Å²) in [6.45, 7) is 1.97. The largest absolute Gasteiger partial charge is 0.497 e. The Hall–Kier alpha value is -1.30. The molecule has 0 saturated heterocycles. The SMILES string of the molecule is COCCN(C)C(CN)c1cc(OC)ccc1OC. The molecule has 0 aromatic heterocycles. The fourth-order valence-corrected chi connectivity index (χ4v) is 2.04. The first-order valence-electron chi connectivity index (χ1n) is 6.29. The molecular formula is C14H24N2O3. The minimum absolute atomic E-state index is 0.0696. The van der Waals surface area contributed by atoms with Crippen LogP contribution in [0.4, 0.5) is 0 Å². The molecule has 0 amide bonds. The van der Waals surface area contributed by atoms with Crippen LogP contribution in [0.3, 0.4) is 0 Å². The van der Waals surface area contributed by atoms with Crippen molar-refractivity contribution in [2.75, 3.05) is 48.1 Å². The van der Waals surface area contributed by atoms with Crippen molar-refractivity contribution in [1.29, 1.82) is 0 Å². The topological polar surface area (TPSA) is 57.0 Å². The van der Waals surface area contributed by atoms with Crippen LogP contribution >= 0.6 is 0 Å². The molecule has 5 nitrogen and oxygen atoms in total. The van der Waals surface area contributed by atoms with Gasteiger partial charge < -0.3 is 19.9 Å². The number of likely N-dealkylation sites (N-methyl/N-ethyl adjacent to an activating group) is 1. The zero-order valence-corrected chi connectivity index (χ0v) is 12.2. The summed E-state index contributed by atoms with van der Waals surface area (Å²) < 4.78 is 15.8. The molecule has 0 bridgehead atoms. The van der Waals surface area contributed by atoms with Crippen molar-refractivity contribution in [1.82, 2.24) is 4.90 Å². The Kier molecular flexibility index (Phi) is 6.62. The maximum Gasteiger partial charge on any atom is 0.123 e. The molecule has 0 saturated carbocycles. The molecule has 0 radical (unpaired) electrons. The summed E-state index contributed by atoms with van der Waals surface area (Å²) in [5, 5.41) is 0. The predicted molar refractivity (Wildman–Crippen MR) is 75.8 cm³/mol. The monoisotopic (exact) mass is 268 g/mol. The second-order valence-electron chi connectivity index (χ2n) is 4.33. The summed E-state index contributed by atoms with van der Waals surface area (Å²) in [6, 6.07) is 5.83. The molecule has 0 aliphatic heterocycles. The first-order valence-corrected chi connectivity index (χ1v) is 6.29. The van der Waals surface area contributed by atoms with Crippen LogP contribution in [0, 0.1) is 0 Å². The van der Waals surface area contributed by atoms with Gasteiger partial charge in [-0.3, -0.25) is 4.90 Å². The van der Waals surface area contributed by atoms with Gasteiger partial charge in [0, 0.05) is 25.8 Å². The van der Waals surface area contributed by atoms with Crippen LogP contribution in [0.1, 0.15) is 11.6 Å². The molecule has 5 heteroatoms. The van der Waals surface area contributed by atoms with Crippen molar-refractivity contribution in [3.63, 3.8) is 0 Å². The number of hydrogen-bond acceptors (Lipinski definition) is 5. The number of benzene rings is 1. The highest BCUT2D eigenvalue weighted by molar-refractivity contribution is 5.42. The number of ether oxygens (including phenoxy) is 3. The first kappa shape index (κ1) is 15.8. The van der Waals surface area contributed by atoms with Gasteiger partial charge in [0.05, 0.1) is 26.9 Å². The Bertz CT molecular complexity index is 385. The van der Waals surface area contributed by atoms with Crippen LogP contribution < -0.4 is 15.2 Å². The van der Waals surface area contributed by atoms with Gasteiger partial charge >= 0.3 is 0 Å². The maximum absolute atomic E-state index is 5.91. The van der Waals surface area contributed by atoms with Gasteiger partial charge in [0.2, 0.25) is 0 Å². The smallest absolute Gasteiger partial charge is 0.123 e. The molecule has 0 aliphatic rings. The normalized spacial score (nSPS) is 12.5. The lowest BCUT2D eigenvalue weighted by Crippen LogP contribution is -2.33. The van der Waals surface area contributed by atoms with E-state index in [1.165, 1.54) is 0 Å². The zero-order chi connectivity index (χ0) is 14.3. The van der Waals surface area contributed by atoms with Crippen LogP contribution in [0.2, 0.25) is 0 Å². The van der Waals surface area contributed by atoms with Gasteiger partial charge in [0.15, 0.2) is 0 Å². The predicted octanol–water partition coefficient (Wildman–Crippen LogP) is 1.28. The van der Waals surface area contributed by atoms with E-state index in [1.54, 1.807) is 21.3 Å². The van der Waals surface area contributed by atoms with Crippen LogP contribution in [-0.4, -0.2) is 53.0 Å². The number of nitrogens with zero attached hydrogens (tertiary/aromatic N) is 1. The van der Waals surface area contributed by atoms with E-state index in [4.69, 9.17) is 19.9 Å². The Morgan fingerprint density at radius 2 is 1.95 bits per heavy atom. The second kappa shape index (κ2) is 7.99. The Balaban J connectivity index is 3.01. The van der Waals surface area contributed by atoms with Crippen molar-refractivity contribution in [3.05, 3.63) is 23.8 Å². The van der Waals surface area contributed by atoms with Crippen LogP contribution in [-0.2, 0) is 4.74 Å².